The lowest BCUT2D eigenvalue weighted by Gasteiger charge is -2.15. The van der Waals surface area contributed by atoms with E-state index < -0.39 is 17.3 Å². The lowest BCUT2D eigenvalue weighted by molar-refractivity contribution is -0.137. The highest BCUT2D eigenvalue weighted by atomic mass is 35.5. The van der Waals surface area contributed by atoms with Crippen LogP contribution in [-0.2, 0) is 12.6 Å². The molecule has 2 heterocycles. The van der Waals surface area contributed by atoms with Gasteiger partial charge in [0.1, 0.15) is 6.33 Å². The molecule has 1 aliphatic rings. The van der Waals surface area contributed by atoms with E-state index in [1.165, 1.54) is 18.5 Å². The largest absolute Gasteiger partial charge is 0.417 e. The van der Waals surface area contributed by atoms with E-state index in [4.69, 9.17) is 11.6 Å². The summed E-state index contributed by atoms with van der Waals surface area (Å²) in [7, 11) is 0. The fourth-order valence-electron chi connectivity index (χ4n) is 2.77. The Kier molecular flexibility index (Phi) is 3.73. The molecule has 132 valence electrons. The summed E-state index contributed by atoms with van der Waals surface area (Å²) >= 11 is 5.66. The Morgan fingerprint density at radius 1 is 1.27 bits per heavy atom. The number of hydrogen-bond donors (Lipinski definition) is 1. The van der Waals surface area contributed by atoms with Crippen molar-refractivity contribution in [2.24, 2.45) is 0 Å². The highest BCUT2D eigenvalue weighted by molar-refractivity contribution is 6.31. The molecule has 9 heteroatoms. The zero-order chi connectivity index (χ0) is 18.5. The minimum absolute atomic E-state index is 0.00804. The molecule has 1 N–H and O–H groups in total. The molecule has 1 aliphatic carbocycles. The third kappa shape index (κ3) is 2.72. The van der Waals surface area contributed by atoms with Crippen LogP contribution in [0.3, 0.4) is 0 Å². The molecule has 0 saturated carbocycles. The van der Waals surface area contributed by atoms with Gasteiger partial charge in [-0.2, -0.15) is 27.8 Å². The molecule has 0 radical (unpaired) electrons. The molecule has 2 aromatic heterocycles. The smallest absolute Gasteiger partial charge is 0.323 e. The van der Waals surface area contributed by atoms with Gasteiger partial charge in [0.15, 0.2) is 0 Å². The normalized spacial score (nSPS) is 13.8. The highest BCUT2D eigenvalue weighted by Gasteiger charge is 2.33. The monoisotopic (exact) mass is 378 g/mol. The van der Waals surface area contributed by atoms with Crippen molar-refractivity contribution < 1.29 is 13.2 Å². The molecular formula is C17H10ClF3N4O. The topological polar surface area (TPSA) is 63.0 Å². The molecule has 0 saturated heterocycles. The average Bonchev–Trinajstić information content (AvgIpc) is 2.98. The second kappa shape index (κ2) is 5.84. The maximum Gasteiger partial charge on any atom is 0.417 e. The summed E-state index contributed by atoms with van der Waals surface area (Å²) in [6.45, 7) is 0. The first-order valence-corrected chi connectivity index (χ1v) is 7.91. The van der Waals surface area contributed by atoms with E-state index in [0.29, 0.717) is 16.8 Å². The Labute approximate surface area is 149 Å². The SMILES string of the molecule is O=c1c(Cc2ccc(Cl)c(C(F)(F)F)c2)c(C2=CC=C2)[nH]c2ncnn12. The number of benzene rings is 1. The number of H-pyrrole nitrogens is 1. The molecule has 0 aliphatic heterocycles. The van der Waals surface area contributed by atoms with Crippen molar-refractivity contribution in [3.05, 3.63) is 80.5 Å². The van der Waals surface area contributed by atoms with Gasteiger partial charge in [-0.05, 0) is 23.3 Å². The summed E-state index contributed by atoms with van der Waals surface area (Å²) in [5.74, 6) is 0.266. The number of fused-ring (bicyclic) bond motifs is 1. The van der Waals surface area contributed by atoms with E-state index >= 15 is 0 Å². The summed E-state index contributed by atoms with van der Waals surface area (Å²) in [6, 6.07) is 3.61. The van der Waals surface area contributed by atoms with E-state index in [2.05, 4.69) is 15.1 Å². The summed E-state index contributed by atoms with van der Waals surface area (Å²) in [5.41, 5.74) is 0.537. The molecule has 0 unspecified atom stereocenters. The quantitative estimate of drug-likeness (QED) is 0.757. The standard InChI is InChI=1S/C17H10ClF3N4O/c18-13-5-4-9(7-12(13)17(19,20)21)6-11-14(10-2-1-3-10)24-16-22-8-23-25(16)15(11)26/h1-5,7-8H,6H2,(H,22,23,24). The highest BCUT2D eigenvalue weighted by Crippen LogP contribution is 2.35. The van der Waals surface area contributed by atoms with E-state index in [1.807, 2.05) is 0 Å². The van der Waals surface area contributed by atoms with E-state index in [1.54, 1.807) is 18.2 Å². The summed E-state index contributed by atoms with van der Waals surface area (Å²) in [6.07, 6.45) is 2.05. The first kappa shape index (κ1) is 16.6. The Bertz CT molecular complexity index is 1140. The van der Waals surface area contributed by atoms with Crippen LogP contribution in [-0.4, -0.2) is 19.6 Å². The van der Waals surface area contributed by atoms with Gasteiger partial charge in [-0.3, -0.25) is 4.79 Å². The van der Waals surface area contributed by atoms with Crippen LogP contribution >= 0.6 is 11.6 Å². The van der Waals surface area contributed by atoms with Gasteiger partial charge in [-0.25, -0.2) is 0 Å². The number of halogens is 4. The number of rotatable bonds is 3. The molecule has 26 heavy (non-hydrogen) atoms. The van der Waals surface area contributed by atoms with Gasteiger partial charge in [-0.15, -0.1) is 0 Å². The number of alkyl halides is 3. The maximum atomic E-state index is 13.1. The van der Waals surface area contributed by atoms with Gasteiger partial charge in [0.05, 0.1) is 16.3 Å². The lowest BCUT2D eigenvalue weighted by atomic mass is 9.96. The Hall–Kier alpha value is -2.87. The predicted molar refractivity (Wildman–Crippen MR) is 90.0 cm³/mol. The number of aromatic amines is 1. The van der Waals surface area contributed by atoms with Crippen LogP contribution < -0.4 is 5.56 Å². The molecule has 1 aromatic carbocycles. The van der Waals surface area contributed by atoms with Gasteiger partial charge in [0.2, 0.25) is 5.78 Å². The van der Waals surface area contributed by atoms with E-state index in [-0.39, 0.29) is 17.2 Å². The molecule has 0 fully saturated rings. The molecule has 0 atom stereocenters. The molecular weight excluding hydrogens is 369 g/mol. The second-order valence-corrected chi connectivity index (χ2v) is 6.16. The Morgan fingerprint density at radius 2 is 2.04 bits per heavy atom. The summed E-state index contributed by atoms with van der Waals surface area (Å²) in [4.78, 5) is 19.7. The van der Waals surface area contributed by atoms with Gasteiger partial charge in [0, 0.05) is 12.0 Å². The maximum absolute atomic E-state index is 13.1. The number of allylic oxidation sites excluding steroid dienone is 4. The van der Waals surface area contributed by atoms with Crippen molar-refractivity contribution >= 4 is 23.0 Å². The van der Waals surface area contributed by atoms with Crippen molar-refractivity contribution in [1.82, 2.24) is 19.6 Å². The molecule has 5 nitrogen and oxygen atoms in total. The van der Waals surface area contributed by atoms with Crippen LogP contribution in [0.4, 0.5) is 13.2 Å². The fraction of sp³-hybridized carbons (Fsp3) is 0.118. The first-order chi connectivity index (χ1) is 12.3. The van der Waals surface area contributed by atoms with Crippen LogP contribution in [0.15, 0.2) is 47.5 Å². The van der Waals surface area contributed by atoms with Crippen LogP contribution in [0, 0.1) is 0 Å². The Morgan fingerprint density at radius 3 is 2.69 bits per heavy atom. The minimum Gasteiger partial charge on any atom is -0.323 e. The number of aromatic nitrogens is 4. The molecule has 0 spiro atoms. The van der Waals surface area contributed by atoms with Crippen LogP contribution in [0.1, 0.15) is 22.4 Å². The lowest BCUT2D eigenvalue weighted by Crippen LogP contribution is -2.23. The van der Waals surface area contributed by atoms with Crippen LogP contribution in [0.5, 0.6) is 0 Å². The predicted octanol–water partition coefficient (Wildman–Crippen LogP) is 3.63. The Balaban J connectivity index is 1.85. The second-order valence-electron chi connectivity index (χ2n) is 5.75. The molecule has 4 rings (SSSR count). The van der Waals surface area contributed by atoms with Gasteiger partial charge in [0.25, 0.3) is 5.56 Å². The van der Waals surface area contributed by atoms with Crippen molar-refractivity contribution in [2.45, 2.75) is 12.6 Å². The van der Waals surface area contributed by atoms with Gasteiger partial charge < -0.3 is 4.98 Å². The zero-order valence-corrected chi connectivity index (χ0v) is 13.8. The molecule has 0 bridgehead atoms. The van der Waals surface area contributed by atoms with Crippen molar-refractivity contribution in [3.8, 4) is 0 Å². The number of hydrogen-bond acceptors (Lipinski definition) is 3. The number of nitrogens with one attached hydrogen (secondary N) is 1. The average molecular weight is 379 g/mol. The molecule has 0 amide bonds. The van der Waals surface area contributed by atoms with Crippen molar-refractivity contribution in [3.63, 3.8) is 0 Å². The minimum atomic E-state index is -4.57. The zero-order valence-electron chi connectivity index (χ0n) is 13.0. The van der Waals surface area contributed by atoms with E-state index in [0.717, 1.165) is 16.2 Å². The summed E-state index contributed by atoms with van der Waals surface area (Å²) in [5, 5.41) is 3.48. The van der Waals surface area contributed by atoms with Crippen molar-refractivity contribution in [2.75, 3.05) is 0 Å². The third-order valence-corrected chi connectivity index (χ3v) is 4.42. The van der Waals surface area contributed by atoms with E-state index in [9.17, 15) is 18.0 Å². The van der Waals surface area contributed by atoms with Crippen LogP contribution in [0.25, 0.3) is 11.4 Å². The van der Waals surface area contributed by atoms with Crippen LogP contribution in [0.2, 0.25) is 5.02 Å². The first-order valence-electron chi connectivity index (χ1n) is 7.54. The molecule has 3 aromatic rings. The fourth-order valence-corrected chi connectivity index (χ4v) is 3.00. The van der Waals surface area contributed by atoms with Gasteiger partial charge in [-0.1, -0.05) is 35.9 Å². The third-order valence-electron chi connectivity index (χ3n) is 4.09. The summed E-state index contributed by atoms with van der Waals surface area (Å²) < 4.78 is 40.4. The van der Waals surface area contributed by atoms with Crippen molar-refractivity contribution in [1.29, 1.82) is 0 Å². The van der Waals surface area contributed by atoms with Gasteiger partial charge >= 0.3 is 6.18 Å². The number of nitrogens with zero attached hydrogens (tertiary/aromatic N) is 3.